The first-order chi connectivity index (χ1) is 10.1. The minimum absolute atomic E-state index is 0.213. The normalized spacial score (nSPS) is 12.5. The minimum Gasteiger partial charge on any atom is -0.388 e. The van der Waals surface area contributed by atoms with Crippen molar-refractivity contribution in [2.24, 2.45) is 0 Å². The SMILES string of the molecule is OC(Cc1ccc(F)c(F)c1)c1ccnc2ccccc12. The van der Waals surface area contributed by atoms with Gasteiger partial charge >= 0.3 is 0 Å². The third-order valence-corrected chi connectivity index (χ3v) is 3.45. The molecule has 0 saturated carbocycles. The first-order valence-electron chi connectivity index (χ1n) is 6.61. The van der Waals surface area contributed by atoms with Gasteiger partial charge in [-0.2, -0.15) is 0 Å². The van der Waals surface area contributed by atoms with Gasteiger partial charge in [-0.25, -0.2) is 8.78 Å². The van der Waals surface area contributed by atoms with E-state index < -0.39 is 17.7 Å². The zero-order valence-electron chi connectivity index (χ0n) is 11.1. The van der Waals surface area contributed by atoms with Gasteiger partial charge in [0.25, 0.3) is 0 Å². The maximum Gasteiger partial charge on any atom is 0.159 e. The van der Waals surface area contributed by atoms with Gasteiger partial charge in [0.05, 0.1) is 11.6 Å². The lowest BCUT2D eigenvalue weighted by Crippen LogP contribution is -2.04. The summed E-state index contributed by atoms with van der Waals surface area (Å²) in [7, 11) is 0. The average molecular weight is 285 g/mol. The Morgan fingerprint density at radius 2 is 1.81 bits per heavy atom. The second-order valence-electron chi connectivity index (χ2n) is 4.89. The van der Waals surface area contributed by atoms with Crippen molar-refractivity contribution in [2.45, 2.75) is 12.5 Å². The Morgan fingerprint density at radius 3 is 2.62 bits per heavy atom. The average Bonchev–Trinajstić information content (AvgIpc) is 2.50. The lowest BCUT2D eigenvalue weighted by molar-refractivity contribution is 0.180. The third-order valence-electron chi connectivity index (χ3n) is 3.45. The minimum atomic E-state index is -0.903. The maximum atomic E-state index is 13.2. The van der Waals surface area contributed by atoms with Crippen LogP contribution in [0.15, 0.2) is 54.7 Å². The first kappa shape index (κ1) is 13.6. The molecule has 0 aliphatic carbocycles. The summed E-state index contributed by atoms with van der Waals surface area (Å²) in [5.74, 6) is -1.79. The summed E-state index contributed by atoms with van der Waals surface area (Å²) in [5, 5.41) is 11.2. The predicted molar refractivity (Wildman–Crippen MR) is 76.8 cm³/mol. The number of rotatable bonds is 3. The van der Waals surface area contributed by atoms with Gasteiger partial charge in [0.2, 0.25) is 0 Å². The second kappa shape index (κ2) is 5.58. The van der Waals surface area contributed by atoms with Gasteiger partial charge in [-0.15, -0.1) is 0 Å². The highest BCUT2D eigenvalue weighted by Crippen LogP contribution is 2.25. The monoisotopic (exact) mass is 285 g/mol. The number of hydrogen-bond acceptors (Lipinski definition) is 2. The Balaban J connectivity index is 1.93. The van der Waals surface area contributed by atoms with Crippen molar-refractivity contribution in [3.8, 4) is 0 Å². The Kier molecular flexibility index (Phi) is 3.62. The number of nitrogens with zero attached hydrogens (tertiary/aromatic N) is 1. The summed E-state index contributed by atoms with van der Waals surface area (Å²) in [6.07, 6.45) is 1.04. The molecule has 21 heavy (non-hydrogen) atoms. The molecule has 0 saturated heterocycles. The zero-order valence-corrected chi connectivity index (χ0v) is 11.1. The third kappa shape index (κ3) is 2.76. The van der Waals surface area contributed by atoms with Gasteiger partial charge in [-0.3, -0.25) is 4.98 Å². The number of aliphatic hydroxyl groups is 1. The van der Waals surface area contributed by atoms with E-state index in [9.17, 15) is 13.9 Å². The fraction of sp³-hybridized carbons (Fsp3) is 0.118. The van der Waals surface area contributed by atoms with E-state index in [1.165, 1.54) is 6.07 Å². The summed E-state index contributed by atoms with van der Waals surface area (Å²) in [4.78, 5) is 4.24. The quantitative estimate of drug-likeness (QED) is 0.794. The van der Waals surface area contributed by atoms with Crippen molar-refractivity contribution in [3.05, 3.63) is 77.5 Å². The van der Waals surface area contributed by atoms with Crippen LogP contribution in [0.25, 0.3) is 10.9 Å². The molecule has 3 aromatic rings. The van der Waals surface area contributed by atoms with Crippen LogP contribution >= 0.6 is 0 Å². The predicted octanol–water partition coefficient (Wildman–Crippen LogP) is 3.79. The number of fused-ring (bicyclic) bond motifs is 1. The van der Waals surface area contributed by atoms with Crippen LogP contribution in [0.3, 0.4) is 0 Å². The second-order valence-corrected chi connectivity index (χ2v) is 4.89. The van der Waals surface area contributed by atoms with Crippen molar-refractivity contribution in [1.29, 1.82) is 0 Å². The Bertz CT molecular complexity index is 783. The molecule has 2 aromatic carbocycles. The molecule has 1 heterocycles. The van der Waals surface area contributed by atoms with Gasteiger partial charge < -0.3 is 5.11 Å². The van der Waals surface area contributed by atoms with Crippen LogP contribution in [0.2, 0.25) is 0 Å². The number of aromatic nitrogens is 1. The highest BCUT2D eigenvalue weighted by molar-refractivity contribution is 5.82. The molecule has 1 unspecified atom stereocenters. The largest absolute Gasteiger partial charge is 0.388 e. The number of hydrogen-bond donors (Lipinski definition) is 1. The maximum absolute atomic E-state index is 13.2. The van der Waals surface area contributed by atoms with Crippen LogP contribution in [0.1, 0.15) is 17.2 Å². The fourth-order valence-electron chi connectivity index (χ4n) is 2.41. The summed E-state index contributed by atoms with van der Waals surface area (Å²) in [6, 6.07) is 12.9. The first-order valence-corrected chi connectivity index (χ1v) is 6.61. The van der Waals surface area contributed by atoms with E-state index in [2.05, 4.69) is 4.98 Å². The molecule has 0 spiro atoms. The molecule has 3 rings (SSSR count). The molecule has 0 radical (unpaired) electrons. The molecule has 1 atom stereocenters. The molecule has 1 N–H and O–H groups in total. The molecule has 0 aliphatic heterocycles. The van der Waals surface area contributed by atoms with Gasteiger partial charge in [0.15, 0.2) is 11.6 Å². The van der Waals surface area contributed by atoms with Crippen molar-refractivity contribution in [3.63, 3.8) is 0 Å². The number of para-hydroxylation sites is 1. The molecule has 0 amide bonds. The van der Waals surface area contributed by atoms with E-state index in [1.807, 2.05) is 24.3 Å². The summed E-state index contributed by atoms with van der Waals surface area (Å²) >= 11 is 0. The van der Waals surface area contributed by atoms with Crippen molar-refractivity contribution in [2.75, 3.05) is 0 Å². The molecule has 0 aliphatic rings. The Hall–Kier alpha value is -2.33. The molecular formula is C17H13F2NO. The van der Waals surface area contributed by atoms with Crippen molar-refractivity contribution < 1.29 is 13.9 Å². The van der Waals surface area contributed by atoms with Crippen LogP contribution in [0.5, 0.6) is 0 Å². The lowest BCUT2D eigenvalue weighted by Gasteiger charge is -2.13. The highest BCUT2D eigenvalue weighted by atomic mass is 19.2. The van der Waals surface area contributed by atoms with E-state index in [-0.39, 0.29) is 6.42 Å². The van der Waals surface area contributed by atoms with Crippen LogP contribution in [-0.2, 0) is 6.42 Å². The van der Waals surface area contributed by atoms with Crippen molar-refractivity contribution >= 4 is 10.9 Å². The van der Waals surface area contributed by atoms with E-state index >= 15 is 0 Å². The van der Waals surface area contributed by atoms with Crippen LogP contribution in [-0.4, -0.2) is 10.1 Å². The summed E-state index contributed by atoms with van der Waals surface area (Å²) in [5.41, 5.74) is 2.06. The van der Waals surface area contributed by atoms with Crippen LogP contribution in [0, 0.1) is 11.6 Å². The molecule has 0 bridgehead atoms. The lowest BCUT2D eigenvalue weighted by atomic mass is 9.98. The van der Waals surface area contributed by atoms with E-state index in [1.54, 1.807) is 12.3 Å². The van der Waals surface area contributed by atoms with Gasteiger partial charge in [0.1, 0.15) is 0 Å². The standard InChI is InChI=1S/C17H13F2NO/c18-14-6-5-11(9-15(14)19)10-17(21)13-7-8-20-16-4-2-1-3-12(13)16/h1-9,17,21H,10H2. The molecule has 4 heteroatoms. The van der Waals surface area contributed by atoms with E-state index in [4.69, 9.17) is 0 Å². The van der Waals surface area contributed by atoms with Gasteiger partial charge in [-0.05, 0) is 35.4 Å². The fourth-order valence-corrected chi connectivity index (χ4v) is 2.41. The molecule has 1 aromatic heterocycles. The summed E-state index contributed by atoms with van der Waals surface area (Å²) in [6.45, 7) is 0. The van der Waals surface area contributed by atoms with E-state index in [0.717, 1.165) is 28.6 Å². The number of halogens is 2. The summed E-state index contributed by atoms with van der Waals surface area (Å²) < 4.78 is 26.1. The molecule has 0 fully saturated rings. The van der Waals surface area contributed by atoms with E-state index in [0.29, 0.717) is 5.56 Å². The van der Waals surface area contributed by atoms with Crippen molar-refractivity contribution in [1.82, 2.24) is 4.98 Å². The zero-order chi connectivity index (χ0) is 14.8. The molecule has 2 nitrogen and oxygen atoms in total. The van der Waals surface area contributed by atoms with Crippen LogP contribution in [0.4, 0.5) is 8.78 Å². The van der Waals surface area contributed by atoms with Gasteiger partial charge in [-0.1, -0.05) is 24.3 Å². The van der Waals surface area contributed by atoms with Gasteiger partial charge in [0, 0.05) is 18.0 Å². The Morgan fingerprint density at radius 1 is 1.00 bits per heavy atom. The van der Waals surface area contributed by atoms with Crippen LogP contribution < -0.4 is 0 Å². The number of benzene rings is 2. The molecule has 106 valence electrons. The molecular weight excluding hydrogens is 272 g/mol. The number of aliphatic hydroxyl groups excluding tert-OH is 1. The Labute approximate surface area is 120 Å². The highest BCUT2D eigenvalue weighted by Gasteiger charge is 2.13. The number of pyridine rings is 1. The topological polar surface area (TPSA) is 33.1 Å². The smallest absolute Gasteiger partial charge is 0.159 e.